The van der Waals surface area contributed by atoms with Gasteiger partial charge in [-0.1, -0.05) is 0 Å². The normalized spacial score (nSPS) is 12.8. The molecule has 4 N–H and O–H groups in total. The molecule has 7 heteroatoms. The van der Waals surface area contributed by atoms with E-state index < -0.39 is 11.7 Å². The summed E-state index contributed by atoms with van der Waals surface area (Å²) in [6.45, 7) is 6.32. The van der Waals surface area contributed by atoms with Gasteiger partial charge in [-0.2, -0.15) is 0 Å². The number of hydrogen-bond donors (Lipinski definition) is 2. The van der Waals surface area contributed by atoms with E-state index in [1.807, 2.05) is 20.8 Å². The van der Waals surface area contributed by atoms with Gasteiger partial charge in [0, 0.05) is 20.2 Å². The van der Waals surface area contributed by atoms with Gasteiger partial charge in [0.05, 0.1) is 30.2 Å². The Kier molecular flexibility index (Phi) is 6.73. The first-order valence-electron chi connectivity index (χ1n) is 7.18. The zero-order chi connectivity index (χ0) is 16.8. The number of hydrogen-bond acceptors (Lipinski definition) is 6. The van der Waals surface area contributed by atoms with Gasteiger partial charge in [0.2, 0.25) is 0 Å². The van der Waals surface area contributed by atoms with E-state index in [1.165, 1.54) is 4.90 Å². The summed E-state index contributed by atoms with van der Waals surface area (Å²) in [6, 6.07) is 3.20. The van der Waals surface area contributed by atoms with E-state index in [1.54, 1.807) is 25.4 Å². The van der Waals surface area contributed by atoms with Crippen molar-refractivity contribution < 1.29 is 14.3 Å². The Morgan fingerprint density at radius 1 is 1.36 bits per heavy atom. The van der Waals surface area contributed by atoms with Crippen molar-refractivity contribution in [1.82, 2.24) is 4.98 Å². The summed E-state index contributed by atoms with van der Waals surface area (Å²) < 4.78 is 10.6. The molecule has 0 aromatic carbocycles. The lowest BCUT2D eigenvalue weighted by molar-refractivity contribution is 0.0543. The van der Waals surface area contributed by atoms with Crippen LogP contribution in [0, 0.1) is 0 Å². The maximum absolute atomic E-state index is 12.5. The van der Waals surface area contributed by atoms with Gasteiger partial charge in [0.25, 0.3) is 0 Å². The maximum atomic E-state index is 12.5. The van der Waals surface area contributed by atoms with Gasteiger partial charge in [0.1, 0.15) is 5.60 Å². The van der Waals surface area contributed by atoms with Gasteiger partial charge in [-0.15, -0.1) is 0 Å². The lowest BCUT2D eigenvalue weighted by Gasteiger charge is -2.32. The van der Waals surface area contributed by atoms with E-state index in [9.17, 15) is 4.79 Å². The third-order valence-electron chi connectivity index (χ3n) is 2.88. The van der Waals surface area contributed by atoms with Crippen LogP contribution in [0.25, 0.3) is 0 Å². The van der Waals surface area contributed by atoms with Gasteiger partial charge in [0.15, 0.2) is 0 Å². The van der Waals surface area contributed by atoms with E-state index in [-0.39, 0.29) is 12.6 Å². The maximum Gasteiger partial charge on any atom is 0.415 e. The molecule has 0 fully saturated rings. The molecule has 22 heavy (non-hydrogen) atoms. The third kappa shape index (κ3) is 5.25. The minimum absolute atomic E-state index is 0.242. The van der Waals surface area contributed by atoms with Gasteiger partial charge in [-0.05, 0) is 32.9 Å². The Balaban J connectivity index is 3.10. The molecule has 1 atom stereocenters. The molecule has 1 aromatic rings. The van der Waals surface area contributed by atoms with Crippen LogP contribution in [0.15, 0.2) is 18.3 Å². The predicted molar refractivity (Wildman–Crippen MR) is 85.6 cm³/mol. The highest BCUT2D eigenvalue weighted by molar-refractivity contribution is 5.88. The van der Waals surface area contributed by atoms with Gasteiger partial charge < -0.3 is 20.9 Å². The number of rotatable bonds is 6. The van der Waals surface area contributed by atoms with Crippen molar-refractivity contribution in [1.29, 1.82) is 0 Å². The summed E-state index contributed by atoms with van der Waals surface area (Å²) in [4.78, 5) is 18.2. The predicted octanol–water partition coefficient (Wildman–Crippen LogP) is 1.26. The molecule has 7 nitrogen and oxygen atoms in total. The van der Waals surface area contributed by atoms with Crippen LogP contribution in [-0.4, -0.2) is 43.0 Å². The molecule has 1 aromatic heterocycles. The number of amides is 1. The number of carbonyl (C=O) groups is 1. The lowest BCUT2D eigenvalue weighted by Crippen LogP contribution is -2.49. The second-order valence-corrected chi connectivity index (χ2v) is 5.91. The zero-order valence-electron chi connectivity index (χ0n) is 13.7. The first kappa shape index (κ1) is 18.3. The number of carbonyl (C=O) groups excluding carboxylic acids is 1. The Morgan fingerprint density at radius 2 is 2.05 bits per heavy atom. The molecule has 124 valence electrons. The van der Waals surface area contributed by atoms with Gasteiger partial charge in [-0.3, -0.25) is 9.88 Å². The number of nitrogens with two attached hydrogens (primary N) is 2. The van der Waals surface area contributed by atoms with Crippen molar-refractivity contribution in [3.63, 3.8) is 0 Å². The molecular formula is C15H26N4O3. The number of pyridine rings is 1. The van der Waals surface area contributed by atoms with E-state index in [0.29, 0.717) is 18.8 Å². The van der Waals surface area contributed by atoms with Crippen molar-refractivity contribution in [3.8, 4) is 0 Å². The highest BCUT2D eigenvalue weighted by Gasteiger charge is 2.29. The minimum Gasteiger partial charge on any atom is -0.443 e. The summed E-state index contributed by atoms with van der Waals surface area (Å²) >= 11 is 0. The van der Waals surface area contributed by atoms with Crippen LogP contribution in [0.4, 0.5) is 10.5 Å². The van der Waals surface area contributed by atoms with Crippen molar-refractivity contribution in [2.24, 2.45) is 11.5 Å². The SMILES string of the molecule is COCC(CN)N(C(=O)OC(C)(C)C)c1ccc(CN)nc1. The number of nitrogens with zero attached hydrogens (tertiary/aromatic N) is 2. The van der Waals surface area contributed by atoms with Crippen molar-refractivity contribution >= 4 is 11.8 Å². The zero-order valence-corrected chi connectivity index (χ0v) is 13.7. The molecule has 1 amide bonds. The van der Waals surface area contributed by atoms with E-state index >= 15 is 0 Å². The van der Waals surface area contributed by atoms with Crippen LogP contribution in [0.3, 0.4) is 0 Å². The molecule has 0 radical (unpaired) electrons. The largest absolute Gasteiger partial charge is 0.443 e. The number of methoxy groups -OCH3 is 1. The van der Waals surface area contributed by atoms with Crippen molar-refractivity contribution in [2.45, 2.75) is 39.0 Å². The Labute approximate surface area is 131 Å². The molecule has 0 saturated carbocycles. The first-order valence-corrected chi connectivity index (χ1v) is 7.18. The highest BCUT2D eigenvalue weighted by atomic mass is 16.6. The summed E-state index contributed by atoms with van der Waals surface area (Å²) in [5.41, 5.74) is 12.1. The summed E-state index contributed by atoms with van der Waals surface area (Å²) in [5.74, 6) is 0. The highest BCUT2D eigenvalue weighted by Crippen LogP contribution is 2.20. The summed E-state index contributed by atoms with van der Waals surface area (Å²) in [6.07, 6.45) is 1.10. The Morgan fingerprint density at radius 3 is 2.45 bits per heavy atom. The number of aromatic nitrogens is 1. The summed E-state index contributed by atoms with van der Waals surface area (Å²) in [7, 11) is 1.56. The van der Waals surface area contributed by atoms with Crippen LogP contribution in [0.5, 0.6) is 0 Å². The van der Waals surface area contributed by atoms with Crippen LogP contribution in [0.1, 0.15) is 26.5 Å². The van der Waals surface area contributed by atoms with E-state index in [4.69, 9.17) is 20.9 Å². The first-order chi connectivity index (χ1) is 10.3. The number of anilines is 1. The summed E-state index contributed by atoms with van der Waals surface area (Å²) in [5, 5.41) is 0. The molecule has 0 aliphatic carbocycles. The second-order valence-electron chi connectivity index (χ2n) is 5.91. The average Bonchev–Trinajstić information content (AvgIpc) is 2.45. The quantitative estimate of drug-likeness (QED) is 0.819. The topological polar surface area (TPSA) is 104 Å². The van der Waals surface area contributed by atoms with Crippen molar-refractivity contribution in [3.05, 3.63) is 24.0 Å². The van der Waals surface area contributed by atoms with Gasteiger partial charge >= 0.3 is 6.09 Å². The van der Waals surface area contributed by atoms with Gasteiger partial charge in [-0.25, -0.2) is 4.79 Å². The monoisotopic (exact) mass is 310 g/mol. The van der Waals surface area contributed by atoms with Crippen LogP contribution in [0.2, 0.25) is 0 Å². The van der Waals surface area contributed by atoms with Crippen LogP contribution < -0.4 is 16.4 Å². The molecule has 1 heterocycles. The third-order valence-corrected chi connectivity index (χ3v) is 2.88. The molecule has 0 saturated heterocycles. The lowest BCUT2D eigenvalue weighted by atomic mass is 10.2. The molecule has 0 spiro atoms. The molecule has 1 rings (SSSR count). The standard InChI is InChI=1S/C15H26N4O3/c1-15(2,3)22-14(20)19(13(8-17)10-21-4)12-6-5-11(7-16)18-9-12/h5-6,9,13H,7-8,10,16-17H2,1-4H3. The molecule has 0 aliphatic rings. The van der Waals surface area contributed by atoms with E-state index in [2.05, 4.69) is 4.98 Å². The fraction of sp³-hybridized carbons (Fsp3) is 0.600. The molecule has 0 aliphatic heterocycles. The van der Waals surface area contributed by atoms with Crippen LogP contribution in [-0.2, 0) is 16.0 Å². The Bertz CT molecular complexity index is 471. The minimum atomic E-state index is -0.605. The second kappa shape index (κ2) is 8.07. The molecule has 0 bridgehead atoms. The van der Waals surface area contributed by atoms with Crippen LogP contribution >= 0.6 is 0 Å². The smallest absolute Gasteiger partial charge is 0.415 e. The fourth-order valence-electron chi connectivity index (χ4n) is 1.90. The molecule has 1 unspecified atom stereocenters. The number of ether oxygens (including phenoxy) is 2. The average molecular weight is 310 g/mol. The van der Waals surface area contributed by atoms with Crippen molar-refractivity contribution in [2.75, 3.05) is 25.2 Å². The fourth-order valence-corrected chi connectivity index (χ4v) is 1.90. The molecular weight excluding hydrogens is 284 g/mol. The van der Waals surface area contributed by atoms with E-state index in [0.717, 1.165) is 5.69 Å². The Hall–Kier alpha value is -1.70.